The molecule has 0 aliphatic heterocycles. The van der Waals surface area contributed by atoms with E-state index in [1.807, 2.05) is 33.8 Å². The maximum atomic E-state index is 12.2. The minimum atomic E-state index is -0.475. The highest BCUT2D eigenvalue weighted by molar-refractivity contribution is 5.94. The maximum Gasteiger partial charge on any atom is 0.355 e. The van der Waals surface area contributed by atoms with E-state index >= 15 is 0 Å². The highest BCUT2D eigenvalue weighted by Gasteiger charge is 2.28. The van der Waals surface area contributed by atoms with Crippen molar-refractivity contribution in [3.63, 3.8) is 0 Å². The highest BCUT2D eigenvalue weighted by atomic mass is 16.6. The molecule has 3 nitrogen and oxygen atoms in total. The second-order valence-electron chi connectivity index (χ2n) is 6.31. The summed E-state index contributed by atoms with van der Waals surface area (Å²) in [6, 6.07) is 8.33. The van der Waals surface area contributed by atoms with E-state index in [1.165, 1.54) is 16.7 Å². The topological polar surface area (TPSA) is 42.1 Å². The zero-order chi connectivity index (χ0) is 14.5. The van der Waals surface area contributed by atoms with Gasteiger partial charge in [0.1, 0.15) is 11.3 Å². The first-order valence-corrected chi connectivity index (χ1v) is 6.90. The average molecular weight is 269 g/mol. The number of hydrogen-bond acceptors (Lipinski definition) is 2. The fraction of sp³-hybridized carbons (Fsp3) is 0.353. The SMILES string of the molecule is Cc1c(C(=O)OC(C)(C)C)[nH]c2c1-c1ccccc1C2. The van der Waals surface area contributed by atoms with Crippen molar-refractivity contribution in [2.45, 2.75) is 39.7 Å². The van der Waals surface area contributed by atoms with E-state index in [0.717, 1.165) is 17.7 Å². The number of ether oxygens (including phenoxy) is 1. The van der Waals surface area contributed by atoms with Gasteiger partial charge in [0.25, 0.3) is 0 Å². The summed E-state index contributed by atoms with van der Waals surface area (Å²) in [5, 5.41) is 0. The number of nitrogens with one attached hydrogen (secondary N) is 1. The van der Waals surface area contributed by atoms with Crippen molar-refractivity contribution in [2.24, 2.45) is 0 Å². The summed E-state index contributed by atoms with van der Waals surface area (Å²) >= 11 is 0. The van der Waals surface area contributed by atoms with Crippen LogP contribution in [-0.2, 0) is 11.2 Å². The highest BCUT2D eigenvalue weighted by Crippen LogP contribution is 2.40. The third kappa shape index (κ3) is 2.03. The molecule has 0 spiro atoms. The summed E-state index contributed by atoms with van der Waals surface area (Å²) in [5.41, 5.74) is 5.92. The zero-order valence-corrected chi connectivity index (χ0v) is 12.3. The third-order valence-electron chi connectivity index (χ3n) is 3.58. The number of esters is 1. The van der Waals surface area contributed by atoms with Gasteiger partial charge in [-0.2, -0.15) is 0 Å². The molecular formula is C17H19NO2. The van der Waals surface area contributed by atoms with Crippen LogP contribution in [-0.4, -0.2) is 16.6 Å². The van der Waals surface area contributed by atoms with Gasteiger partial charge in [-0.25, -0.2) is 4.79 Å². The van der Waals surface area contributed by atoms with E-state index in [1.54, 1.807) is 0 Å². The van der Waals surface area contributed by atoms with Gasteiger partial charge in [-0.3, -0.25) is 0 Å². The number of fused-ring (bicyclic) bond motifs is 3. The Labute approximate surface area is 119 Å². The van der Waals surface area contributed by atoms with Crippen molar-refractivity contribution >= 4 is 5.97 Å². The minimum absolute atomic E-state index is 0.276. The van der Waals surface area contributed by atoms with Crippen LogP contribution in [0.15, 0.2) is 24.3 Å². The fourth-order valence-electron chi connectivity index (χ4n) is 2.80. The Kier molecular flexibility index (Phi) is 2.75. The van der Waals surface area contributed by atoms with Crippen molar-refractivity contribution in [3.05, 3.63) is 46.8 Å². The van der Waals surface area contributed by atoms with E-state index in [-0.39, 0.29) is 5.97 Å². The third-order valence-corrected chi connectivity index (χ3v) is 3.58. The van der Waals surface area contributed by atoms with Gasteiger partial charge in [0.05, 0.1) is 0 Å². The standard InChI is InChI=1S/C17H19NO2/c1-10-14-12-8-6-5-7-11(12)9-13(14)18-15(10)16(19)20-17(2,3)4/h5-8,18H,9H2,1-4H3. The molecule has 1 aliphatic rings. The monoisotopic (exact) mass is 269 g/mol. The van der Waals surface area contributed by atoms with Crippen molar-refractivity contribution < 1.29 is 9.53 Å². The van der Waals surface area contributed by atoms with Gasteiger partial charge >= 0.3 is 5.97 Å². The van der Waals surface area contributed by atoms with Crippen LogP contribution >= 0.6 is 0 Å². The Bertz CT molecular complexity index is 690. The van der Waals surface area contributed by atoms with Crippen LogP contribution in [0.4, 0.5) is 0 Å². The molecule has 0 bridgehead atoms. The molecule has 3 rings (SSSR count). The van der Waals surface area contributed by atoms with Gasteiger partial charge in [0.15, 0.2) is 0 Å². The van der Waals surface area contributed by atoms with Crippen molar-refractivity contribution in [1.29, 1.82) is 0 Å². The molecule has 0 amide bonds. The largest absolute Gasteiger partial charge is 0.455 e. The fourth-order valence-corrected chi connectivity index (χ4v) is 2.80. The number of rotatable bonds is 1. The summed E-state index contributed by atoms with van der Waals surface area (Å²) < 4.78 is 5.46. The van der Waals surface area contributed by atoms with Crippen LogP contribution in [0.25, 0.3) is 11.1 Å². The molecule has 0 saturated heterocycles. The molecule has 1 heterocycles. The van der Waals surface area contributed by atoms with E-state index in [0.29, 0.717) is 5.69 Å². The van der Waals surface area contributed by atoms with Crippen LogP contribution in [0.5, 0.6) is 0 Å². The Morgan fingerprint density at radius 3 is 2.65 bits per heavy atom. The molecule has 0 unspecified atom stereocenters. The van der Waals surface area contributed by atoms with Crippen LogP contribution in [0.1, 0.15) is 48.1 Å². The average Bonchev–Trinajstić information content (AvgIpc) is 2.84. The summed E-state index contributed by atoms with van der Waals surface area (Å²) in [7, 11) is 0. The number of carbonyl (C=O) groups is 1. The maximum absolute atomic E-state index is 12.2. The molecule has 2 aromatic rings. The van der Waals surface area contributed by atoms with Gasteiger partial charge in [-0.15, -0.1) is 0 Å². The normalized spacial score (nSPS) is 13.0. The van der Waals surface area contributed by atoms with Gasteiger partial charge in [-0.05, 0) is 44.4 Å². The van der Waals surface area contributed by atoms with Crippen LogP contribution in [0.2, 0.25) is 0 Å². The quantitative estimate of drug-likeness (QED) is 0.682. The molecule has 3 heteroatoms. The lowest BCUT2D eigenvalue weighted by atomic mass is 10.0. The summed E-state index contributed by atoms with van der Waals surface area (Å²) in [6.07, 6.45) is 0.856. The van der Waals surface area contributed by atoms with E-state index < -0.39 is 5.60 Å². The Balaban J connectivity index is 2.02. The smallest absolute Gasteiger partial charge is 0.355 e. The number of H-pyrrole nitrogens is 1. The molecule has 1 aromatic carbocycles. The Morgan fingerprint density at radius 1 is 1.25 bits per heavy atom. The first kappa shape index (κ1) is 13.0. The van der Waals surface area contributed by atoms with Crippen LogP contribution < -0.4 is 0 Å². The van der Waals surface area contributed by atoms with E-state index in [4.69, 9.17) is 4.74 Å². The molecule has 0 saturated carbocycles. The Morgan fingerprint density at radius 2 is 1.95 bits per heavy atom. The second-order valence-corrected chi connectivity index (χ2v) is 6.31. The number of hydrogen-bond donors (Lipinski definition) is 1. The Hall–Kier alpha value is -2.03. The molecular weight excluding hydrogens is 250 g/mol. The first-order valence-electron chi connectivity index (χ1n) is 6.90. The van der Waals surface area contributed by atoms with Gasteiger partial charge in [0.2, 0.25) is 0 Å². The van der Waals surface area contributed by atoms with Gasteiger partial charge in [-0.1, -0.05) is 24.3 Å². The number of carbonyl (C=O) groups excluding carboxylic acids is 1. The molecule has 1 N–H and O–H groups in total. The molecule has 1 aliphatic carbocycles. The lowest BCUT2D eigenvalue weighted by Gasteiger charge is -2.19. The summed E-state index contributed by atoms with van der Waals surface area (Å²) in [5.74, 6) is -0.276. The molecule has 0 radical (unpaired) electrons. The zero-order valence-electron chi connectivity index (χ0n) is 12.3. The van der Waals surface area contributed by atoms with Crippen LogP contribution in [0, 0.1) is 6.92 Å². The van der Waals surface area contributed by atoms with E-state index in [9.17, 15) is 4.79 Å². The van der Waals surface area contributed by atoms with Gasteiger partial charge < -0.3 is 9.72 Å². The van der Waals surface area contributed by atoms with Crippen molar-refractivity contribution in [1.82, 2.24) is 4.98 Å². The lowest BCUT2D eigenvalue weighted by Crippen LogP contribution is -2.24. The summed E-state index contributed by atoms with van der Waals surface area (Å²) in [6.45, 7) is 7.63. The molecule has 104 valence electrons. The summed E-state index contributed by atoms with van der Waals surface area (Å²) in [4.78, 5) is 15.5. The predicted octanol–water partition coefficient (Wildman–Crippen LogP) is 3.85. The number of aromatic amines is 1. The lowest BCUT2D eigenvalue weighted by molar-refractivity contribution is 0.00626. The first-order chi connectivity index (χ1) is 9.37. The van der Waals surface area contributed by atoms with Gasteiger partial charge in [0, 0.05) is 17.7 Å². The number of aromatic nitrogens is 1. The second kappa shape index (κ2) is 4.23. The number of benzene rings is 1. The predicted molar refractivity (Wildman–Crippen MR) is 78.9 cm³/mol. The minimum Gasteiger partial charge on any atom is -0.455 e. The molecule has 20 heavy (non-hydrogen) atoms. The van der Waals surface area contributed by atoms with E-state index in [2.05, 4.69) is 23.2 Å². The molecule has 0 fully saturated rings. The van der Waals surface area contributed by atoms with Crippen molar-refractivity contribution in [3.8, 4) is 11.1 Å². The van der Waals surface area contributed by atoms with Crippen LogP contribution in [0.3, 0.4) is 0 Å². The molecule has 1 aromatic heterocycles. The molecule has 0 atom stereocenters. The van der Waals surface area contributed by atoms with Crippen molar-refractivity contribution in [2.75, 3.05) is 0 Å².